The van der Waals surface area contributed by atoms with Crippen molar-refractivity contribution in [1.82, 2.24) is 19.8 Å². The van der Waals surface area contributed by atoms with Gasteiger partial charge in [-0.25, -0.2) is 0 Å². The van der Waals surface area contributed by atoms with Gasteiger partial charge in [-0.2, -0.15) is 4.52 Å². The maximum absolute atomic E-state index is 12.2. The van der Waals surface area contributed by atoms with Crippen molar-refractivity contribution in [3.05, 3.63) is 49.8 Å². The molecule has 0 saturated heterocycles. The summed E-state index contributed by atoms with van der Waals surface area (Å²) in [6.45, 7) is 1.96. The summed E-state index contributed by atoms with van der Waals surface area (Å²) in [5.74, 6) is 0. The van der Waals surface area contributed by atoms with Crippen molar-refractivity contribution in [2.75, 3.05) is 5.73 Å². The smallest absolute Gasteiger partial charge is 0.297 e. The maximum Gasteiger partial charge on any atom is 0.297 e. The van der Waals surface area contributed by atoms with E-state index in [1.165, 1.54) is 4.52 Å². The number of benzene rings is 1. The molecular weight excluding hydrogens is 298 g/mol. The fourth-order valence-corrected chi connectivity index (χ4v) is 2.74. The molecule has 0 aliphatic rings. The summed E-state index contributed by atoms with van der Waals surface area (Å²) in [6, 6.07) is 5.68. The van der Waals surface area contributed by atoms with Crippen molar-refractivity contribution in [1.29, 1.82) is 0 Å². The van der Waals surface area contributed by atoms with Gasteiger partial charge in [0.15, 0.2) is 0 Å². The van der Waals surface area contributed by atoms with Crippen molar-refractivity contribution in [2.24, 2.45) is 0 Å². The van der Waals surface area contributed by atoms with E-state index in [-0.39, 0.29) is 10.0 Å². The Balaban J connectivity index is 2.06. The zero-order valence-corrected chi connectivity index (χ0v) is 12.1. The van der Waals surface area contributed by atoms with E-state index in [0.717, 1.165) is 22.5 Å². The number of aryl methyl sites for hydroxylation is 1. The molecule has 0 bridgehead atoms. The highest BCUT2D eigenvalue weighted by molar-refractivity contribution is 7.20. The minimum atomic E-state index is -0.321. The summed E-state index contributed by atoms with van der Waals surface area (Å²) in [4.78, 5) is 12.6. The number of hydrogen-bond donors (Lipinski definition) is 1. The van der Waals surface area contributed by atoms with Gasteiger partial charge in [0, 0.05) is 12.1 Å². The summed E-state index contributed by atoms with van der Waals surface area (Å²) in [6.07, 6.45) is 0.316. The minimum Gasteiger partial charge on any atom is -0.398 e. The van der Waals surface area contributed by atoms with Crippen molar-refractivity contribution in [3.63, 3.8) is 0 Å². The van der Waals surface area contributed by atoms with Crippen LogP contribution in [0.3, 0.4) is 0 Å². The van der Waals surface area contributed by atoms with Crippen molar-refractivity contribution in [3.8, 4) is 0 Å². The van der Waals surface area contributed by atoms with E-state index in [2.05, 4.69) is 15.3 Å². The number of hydrogen-bond acceptors (Lipinski definition) is 6. The fourth-order valence-electron chi connectivity index (χ4n) is 1.89. The normalized spacial score (nSPS) is 11.1. The van der Waals surface area contributed by atoms with Gasteiger partial charge < -0.3 is 5.73 Å². The third kappa shape index (κ3) is 2.25. The number of fused-ring (bicyclic) bond motifs is 1. The SMILES string of the molecule is Cc1ccc(Cc2nnc3sc(Cl)nn3c2=O)c(N)c1. The molecule has 0 radical (unpaired) electrons. The Hall–Kier alpha value is -1.99. The molecule has 1 aromatic carbocycles. The molecule has 0 spiro atoms. The summed E-state index contributed by atoms with van der Waals surface area (Å²) < 4.78 is 1.42. The Kier molecular flexibility index (Phi) is 3.15. The topological polar surface area (TPSA) is 86.2 Å². The van der Waals surface area contributed by atoms with Crippen LogP contribution < -0.4 is 11.3 Å². The Morgan fingerprint density at radius 3 is 2.95 bits per heavy atom. The van der Waals surface area contributed by atoms with Crippen molar-refractivity contribution < 1.29 is 0 Å². The van der Waals surface area contributed by atoms with Crippen LogP contribution in [0.15, 0.2) is 23.0 Å². The molecule has 2 N–H and O–H groups in total. The Morgan fingerprint density at radius 2 is 2.20 bits per heavy atom. The number of nitrogen functional groups attached to an aromatic ring is 1. The van der Waals surface area contributed by atoms with E-state index >= 15 is 0 Å². The predicted molar refractivity (Wildman–Crippen MR) is 78.3 cm³/mol. The van der Waals surface area contributed by atoms with Crippen molar-refractivity contribution in [2.45, 2.75) is 13.3 Å². The second-order valence-corrected chi connectivity index (χ2v) is 5.92. The maximum atomic E-state index is 12.2. The van der Waals surface area contributed by atoms with Gasteiger partial charge in [0.25, 0.3) is 5.56 Å². The van der Waals surface area contributed by atoms with Crippen LogP contribution in [-0.4, -0.2) is 19.8 Å². The van der Waals surface area contributed by atoms with Gasteiger partial charge in [0.2, 0.25) is 9.43 Å². The first-order chi connectivity index (χ1) is 9.54. The van der Waals surface area contributed by atoms with Crippen molar-refractivity contribution >= 4 is 33.6 Å². The third-order valence-corrected chi connectivity index (χ3v) is 3.88. The third-order valence-electron chi connectivity index (χ3n) is 2.89. The highest BCUT2D eigenvalue weighted by Gasteiger charge is 2.12. The van der Waals surface area contributed by atoms with Crippen LogP contribution in [0.25, 0.3) is 4.96 Å². The highest BCUT2D eigenvalue weighted by Crippen LogP contribution is 2.17. The van der Waals surface area contributed by atoms with Crippen LogP contribution in [-0.2, 0) is 6.42 Å². The van der Waals surface area contributed by atoms with Crippen LogP contribution in [0.1, 0.15) is 16.8 Å². The molecule has 6 nitrogen and oxygen atoms in total. The first-order valence-electron chi connectivity index (χ1n) is 5.80. The Morgan fingerprint density at radius 1 is 1.40 bits per heavy atom. The lowest BCUT2D eigenvalue weighted by molar-refractivity contribution is 0.808. The van der Waals surface area contributed by atoms with Crippen LogP contribution >= 0.6 is 22.9 Å². The first-order valence-corrected chi connectivity index (χ1v) is 7.00. The lowest BCUT2D eigenvalue weighted by Crippen LogP contribution is -2.22. The average Bonchev–Trinajstić information content (AvgIpc) is 2.77. The predicted octanol–water partition coefficient (Wildman–Crippen LogP) is 1.68. The van der Waals surface area contributed by atoms with E-state index in [9.17, 15) is 4.79 Å². The molecule has 102 valence electrons. The van der Waals surface area contributed by atoms with E-state index in [1.54, 1.807) is 0 Å². The van der Waals surface area contributed by atoms with Gasteiger partial charge in [-0.1, -0.05) is 23.5 Å². The Bertz CT molecular complexity index is 857. The molecule has 0 unspecified atom stereocenters. The van der Waals surface area contributed by atoms with Gasteiger partial charge in [0.05, 0.1) is 0 Å². The molecular formula is C12H10ClN5OS. The molecule has 0 amide bonds. The number of aromatic nitrogens is 4. The fraction of sp³-hybridized carbons (Fsp3) is 0.167. The van der Waals surface area contributed by atoms with Crippen LogP contribution in [0.4, 0.5) is 5.69 Å². The van der Waals surface area contributed by atoms with E-state index < -0.39 is 0 Å². The number of nitrogens with two attached hydrogens (primary N) is 1. The van der Waals surface area contributed by atoms with Gasteiger partial charge >= 0.3 is 0 Å². The zero-order valence-electron chi connectivity index (χ0n) is 10.5. The molecule has 0 aliphatic carbocycles. The number of anilines is 1. The van der Waals surface area contributed by atoms with Crippen LogP contribution in [0, 0.1) is 6.92 Å². The summed E-state index contributed by atoms with van der Waals surface area (Å²) in [5, 5.41) is 11.8. The van der Waals surface area contributed by atoms with E-state index in [0.29, 0.717) is 22.8 Å². The first kappa shape index (κ1) is 13.0. The van der Waals surface area contributed by atoms with Gasteiger partial charge in [-0.15, -0.1) is 15.3 Å². The zero-order chi connectivity index (χ0) is 14.3. The molecule has 20 heavy (non-hydrogen) atoms. The van der Waals surface area contributed by atoms with Gasteiger partial charge in [-0.3, -0.25) is 4.79 Å². The number of halogens is 1. The van der Waals surface area contributed by atoms with Crippen LogP contribution in [0.2, 0.25) is 4.47 Å². The minimum absolute atomic E-state index is 0.253. The monoisotopic (exact) mass is 307 g/mol. The molecule has 2 aromatic heterocycles. The molecule has 0 aliphatic heterocycles. The average molecular weight is 308 g/mol. The lowest BCUT2D eigenvalue weighted by Gasteiger charge is -2.05. The summed E-state index contributed by atoms with van der Waals surface area (Å²) in [7, 11) is 0. The van der Waals surface area contributed by atoms with Crippen LogP contribution in [0.5, 0.6) is 0 Å². The molecule has 8 heteroatoms. The largest absolute Gasteiger partial charge is 0.398 e. The molecule has 3 aromatic rings. The number of rotatable bonds is 2. The summed E-state index contributed by atoms with van der Waals surface area (Å²) in [5.41, 5.74) is 8.45. The highest BCUT2D eigenvalue weighted by atomic mass is 35.5. The van der Waals surface area contributed by atoms with E-state index in [1.807, 2.05) is 25.1 Å². The van der Waals surface area contributed by atoms with Gasteiger partial charge in [-0.05, 0) is 35.7 Å². The summed E-state index contributed by atoms with van der Waals surface area (Å²) >= 11 is 6.88. The standard InChI is InChI=1S/C12H10ClN5OS/c1-6-2-3-7(8(14)4-6)5-9-10(19)18-12(16-15-9)20-11(13)17-18/h2-4H,5,14H2,1H3. The lowest BCUT2D eigenvalue weighted by atomic mass is 10.1. The molecule has 3 rings (SSSR count). The molecule has 0 fully saturated rings. The molecule has 0 atom stereocenters. The van der Waals surface area contributed by atoms with E-state index in [4.69, 9.17) is 17.3 Å². The second-order valence-electron chi connectivity index (χ2n) is 4.38. The Labute approximate surface area is 122 Å². The number of nitrogens with zero attached hydrogens (tertiary/aromatic N) is 4. The molecule has 0 saturated carbocycles. The second kappa shape index (κ2) is 4.84. The quantitative estimate of drug-likeness (QED) is 0.728. The van der Waals surface area contributed by atoms with Gasteiger partial charge in [0.1, 0.15) is 5.69 Å². The molecule has 2 heterocycles.